The van der Waals surface area contributed by atoms with E-state index in [1.165, 1.54) is 24.3 Å². The molecule has 1 aromatic heterocycles. The van der Waals surface area contributed by atoms with E-state index in [1.807, 2.05) is 43.5 Å². The average Bonchev–Trinajstić information content (AvgIpc) is 3.21. The second kappa shape index (κ2) is 9.30. The minimum atomic E-state index is -0.759. The molecule has 2 aromatic carbocycles. The van der Waals surface area contributed by atoms with Crippen LogP contribution < -0.4 is 10.6 Å². The van der Waals surface area contributed by atoms with Crippen molar-refractivity contribution in [1.29, 1.82) is 0 Å². The zero-order valence-electron chi connectivity index (χ0n) is 17.1. The van der Waals surface area contributed by atoms with E-state index in [2.05, 4.69) is 20.8 Å². The maximum atomic E-state index is 13.1. The number of nitrogens with zero attached hydrogens (tertiary/aromatic N) is 3. The van der Waals surface area contributed by atoms with E-state index in [0.29, 0.717) is 11.5 Å². The number of amides is 2. The molecule has 156 valence electrons. The van der Waals surface area contributed by atoms with Crippen LogP contribution in [-0.4, -0.2) is 32.6 Å². The lowest BCUT2D eigenvalue weighted by Gasteiger charge is -2.22. The van der Waals surface area contributed by atoms with Crippen LogP contribution in [0.3, 0.4) is 0 Å². The molecule has 2 N–H and O–H groups in total. The SMILES string of the molecule is CCn1cnnc1-c1cccc(NC(=O)C(NC(=O)c2ccc(F)cc2)C(C)C)c1. The summed E-state index contributed by atoms with van der Waals surface area (Å²) in [4.78, 5) is 25.4. The van der Waals surface area contributed by atoms with E-state index in [9.17, 15) is 14.0 Å². The third kappa shape index (κ3) is 4.89. The van der Waals surface area contributed by atoms with Gasteiger partial charge in [0, 0.05) is 23.4 Å². The number of halogens is 1. The fourth-order valence-corrected chi connectivity index (χ4v) is 3.03. The fraction of sp³-hybridized carbons (Fsp3) is 0.273. The van der Waals surface area contributed by atoms with Gasteiger partial charge < -0.3 is 15.2 Å². The lowest BCUT2D eigenvalue weighted by Crippen LogP contribution is -2.47. The van der Waals surface area contributed by atoms with E-state index in [4.69, 9.17) is 0 Å². The highest BCUT2D eigenvalue weighted by Gasteiger charge is 2.25. The first kappa shape index (κ1) is 21.2. The lowest BCUT2D eigenvalue weighted by atomic mass is 10.0. The molecule has 0 aliphatic rings. The Morgan fingerprint density at radius 3 is 2.53 bits per heavy atom. The predicted octanol–water partition coefficient (Wildman–Crippen LogP) is 3.50. The smallest absolute Gasteiger partial charge is 0.251 e. The molecule has 1 heterocycles. The number of hydrogen-bond acceptors (Lipinski definition) is 4. The van der Waals surface area contributed by atoms with Crippen molar-refractivity contribution in [3.05, 3.63) is 66.2 Å². The van der Waals surface area contributed by atoms with Crippen molar-refractivity contribution in [3.63, 3.8) is 0 Å². The number of carbonyl (C=O) groups is 2. The molecular weight excluding hydrogens is 385 g/mol. The largest absolute Gasteiger partial charge is 0.340 e. The van der Waals surface area contributed by atoms with Gasteiger partial charge in [0.05, 0.1) is 0 Å². The van der Waals surface area contributed by atoms with Crippen molar-refractivity contribution in [2.45, 2.75) is 33.4 Å². The zero-order valence-corrected chi connectivity index (χ0v) is 17.1. The summed E-state index contributed by atoms with van der Waals surface area (Å²) >= 11 is 0. The highest BCUT2D eigenvalue weighted by molar-refractivity contribution is 6.01. The minimum Gasteiger partial charge on any atom is -0.340 e. The highest BCUT2D eigenvalue weighted by atomic mass is 19.1. The van der Waals surface area contributed by atoms with Crippen LogP contribution in [0.4, 0.5) is 10.1 Å². The van der Waals surface area contributed by atoms with Gasteiger partial charge in [0.2, 0.25) is 5.91 Å². The van der Waals surface area contributed by atoms with Crippen molar-refractivity contribution < 1.29 is 14.0 Å². The van der Waals surface area contributed by atoms with Gasteiger partial charge >= 0.3 is 0 Å². The molecule has 3 aromatic rings. The molecule has 1 unspecified atom stereocenters. The van der Waals surface area contributed by atoms with Crippen LogP contribution in [0.15, 0.2) is 54.9 Å². The predicted molar refractivity (Wildman–Crippen MR) is 112 cm³/mol. The lowest BCUT2D eigenvalue weighted by molar-refractivity contribution is -0.118. The zero-order chi connectivity index (χ0) is 21.7. The van der Waals surface area contributed by atoms with Gasteiger partial charge in [-0.1, -0.05) is 26.0 Å². The number of aryl methyl sites for hydroxylation is 1. The molecule has 0 saturated carbocycles. The molecule has 30 heavy (non-hydrogen) atoms. The second-order valence-electron chi connectivity index (χ2n) is 7.21. The van der Waals surface area contributed by atoms with Gasteiger partial charge in [-0.05, 0) is 49.2 Å². The van der Waals surface area contributed by atoms with Crippen molar-refractivity contribution in [2.24, 2.45) is 5.92 Å². The third-order valence-electron chi connectivity index (χ3n) is 4.69. The van der Waals surface area contributed by atoms with Crippen LogP contribution in [0.2, 0.25) is 0 Å². The third-order valence-corrected chi connectivity index (χ3v) is 4.69. The summed E-state index contributed by atoms with van der Waals surface area (Å²) in [5.74, 6) is -0.647. The van der Waals surface area contributed by atoms with Gasteiger partial charge in [0.15, 0.2) is 5.82 Å². The van der Waals surface area contributed by atoms with Gasteiger partial charge in [-0.2, -0.15) is 0 Å². The molecule has 3 rings (SSSR count). The Morgan fingerprint density at radius 2 is 1.87 bits per heavy atom. The van der Waals surface area contributed by atoms with Crippen LogP contribution in [0, 0.1) is 11.7 Å². The first-order valence-electron chi connectivity index (χ1n) is 9.74. The number of rotatable bonds is 7. The van der Waals surface area contributed by atoms with E-state index in [0.717, 1.165) is 12.1 Å². The molecule has 0 aliphatic carbocycles. The van der Waals surface area contributed by atoms with Crippen molar-refractivity contribution in [3.8, 4) is 11.4 Å². The molecule has 0 fully saturated rings. The maximum absolute atomic E-state index is 13.1. The van der Waals surface area contributed by atoms with E-state index in [-0.39, 0.29) is 17.4 Å². The second-order valence-corrected chi connectivity index (χ2v) is 7.21. The van der Waals surface area contributed by atoms with Crippen LogP contribution >= 0.6 is 0 Å². The van der Waals surface area contributed by atoms with Crippen molar-refractivity contribution in [2.75, 3.05) is 5.32 Å². The van der Waals surface area contributed by atoms with Gasteiger partial charge in [-0.15, -0.1) is 10.2 Å². The topological polar surface area (TPSA) is 88.9 Å². The first-order chi connectivity index (χ1) is 14.4. The maximum Gasteiger partial charge on any atom is 0.251 e. The highest BCUT2D eigenvalue weighted by Crippen LogP contribution is 2.21. The van der Waals surface area contributed by atoms with Gasteiger partial charge in [0.1, 0.15) is 18.2 Å². The fourth-order valence-electron chi connectivity index (χ4n) is 3.03. The van der Waals surface area contributed by atoms with Crippen LogP contribution in [-0.2, 0) is 11.3 Å². The Balaban J connectivity index is 1.74. The Labute approximate surface area is 174 Å². The van der Waals surface area contributed by atoms with E-state index < -0.39 is 17.8 Å². The van der Waals surface area contributed by atoms with Gasteiger partial charge in [-0.25, -0.2) is 4.39 Å². The van der Waals surface area contributed by atoms with E-state index >= 15 is 0 Å². The van der Waals surface area contributed by atoms with Gasteiger partial charge in [-0.3, -0.25) is 9.59 Å². The Morgan fingerprint density at radius 1 is 1.13 bits per heavy atom. The Kier molecular flexibility index (Phi) is 6.56. The number of carbonyl (C=O) groups excluding carboxylic acids is 2. The quantitative estimate of drug-likeness (QED) is 0.625. The molecule has 2 amide bonds. The molecule has 0 saturated heterocycles. The summed E-state index contributed by atoms with van der Waals surface area (Å²) < 4.78 is 15.0. The van der Waals surface area contributed by atoms with Crippen LogP contribution in [0.1, 0.15) is 31.1 Å². The molecule has 8 heteroatoms. The number of aromatic nitrogens is 3. The first-order valence-corrected chi connectivity index (χ1v) is 9.74. The minimum absolute atomic E-state index is 0.152. The van der Waals surface area contributed by atoms with Crippen LogP contribution in [0.25, 0.3) is 11.4 Å². The number of anilines is 1. The monoisotopic (exact) mass is 409 g/mol. The van der Waals surface area contributed by atoms with Crippen molar-refractivity contribution in [1.82, 2.24) is 20.1 Å². The van der Waals surface area contributed by atoms with Crippen molar-refractivity contribution >= 4 is 17.5 Å². The summed E-state index contributed by atoms with van der Waals surface area (Å²) in [6.45, 7) is 6.41. The standard InChI is InChI=1S/C22H24FN5O2/c1-4-28-13-24-27-20(28)16-6-5-7-18(12-16)25-22(30)19(14(2)3)26-21(29)15-8-10-17(23)11-9-15/h5-14,19H,4H2,1-3H3,(H,25,30)(H,26,29). The molecule has 7 nitrogen and oxygen atoms in total. The van der Waals surface area contributed by atoms with E-state index in [1.54, 1.807) is 12.4 Å². The summed E-state index contributed by atoms with van der Waals surface area (Å²) in [6.07, 6.45) is 1.65. The average molecular weight is 409 g/mol. The van der Waals surface area contributed by atoms with Gasteiger partial charge in [0.25, 0.3) is 5.91 Å². The molecular formula is C22H24FN5O2. The normalized spacial score (nSPS) is 11.9. The molecule has 0 radical (unpaired) electrons. The molecule has 0 aliphatic heterocycles. The number of benzene rings is 2. The number of nitrogens with one attached hydrogen (secondary N) is 2. The summed E-state index contributed by atoms with van der Waals surface area (Å²) in [5, 5.41) is 13.7. The molecule has 0 spiro atoms. The Bertz CT molecular complexity index is 1030. The summed E-state index contributed by atoms with van der Waals surface area (Å²) in [5.41, 5.74) is 1.70. The van der Waals surface area contributed by atoms with Crippen LogP contribution in [0.5, 0.6) is 0 Å². The molecule has 0 bridgehead atoms. The summed E-state index contributed by atoms with van der Waals surface area (Å²) in [7, 11) is 0. The summed E-state index contributed by atoms with van der Waals surface area (Å²) in [6, 6.07) is 11.7. The molecule has 1 atom stereocenters. The number of hydrogen-bond donors (Lipinski definition) is 2. The Hall–Kier alpha value is -3.55.